The Labute approximate surface area is 204 Å². The Morgan fingerprint density at radius 1 is 0.750 bits per heavy atom. The molecule has 0 bridgehead atoms. The van der Waals surface area contributed by atoms with E-state index in [4.69, 9.17) is 4.43 Å². The minimum absolute atomic E-state index is 0.286. The van der Waals surface area contributed by atoms with Crippen LogP contribution in [-0.2, 0) is 4.43 Å². The van der Waals surface area contributed by atoms with E-state index in [0.29, 0.717) is 0 Å². The first kappa shape index (κ1) is 28.4. The second-order valence-corrected chi connectivity index (χ2v) is 19.2. The molecule has 2 saturated carbocycles. The summed E-state index contributed by atoms with van der Waals surface area (Å²) in [5.41, 5.74) is 1.64. The third-order valence-electron chi connectivity index (χ3n) is 9.59. The Morgan fingerprint density at radius 2 is 1.19 bits per heavy atom. The summed E-state index contributed by atoms with van der Waals surface area (Å²) in [6.07, 6.45) is 11.1. The standard InChI is InChI=1S/C30H60OSi/c1-21(2)13-12-18-31-32(30(9,10)11,28-19-24(7)14-16-26(28)22(3)4)29-20-25(8)15-17-27(29)23(5)6/h21-29H,12-20H2,1-11H3. The van der Waals surface area contributed by atoms with E-state index in [2.05, 4.69) is 76.2 Å². The molecule has 0 N–H and O–H groups in total. The van der Waals surface area contributed by atoms with E-state index in [1.54, 1.807) is 0 Å². The van der Waals surface area contributed by atoms with E-state index in [1.807, 2.05) is 0 Å². The Kier molecular flexibility index (Phi) is 10.4. The van der Waals surface area contributed by atoms with Gasteiger partial charge in [-0.2, -0.15) is 0 Å². The van der Waals surface area contributed by atoms with Crippen LogP contribution in [0.4, 0.5) is 0 Å². The minimum Gasteiger partial charge on any atom is -0.416 e. The molecular weight excluding hydrogens is 404 g/mol. The van der Waals surface area contributed by atoms with E-state index in [9.17, 15) is 0 Å². The average molecular weight is 465 g/mol. The topological polar surface area (TPSA) is 9.23 Å². The molecule has 2 heteroatoms. The zero-order valence-electron chi connectivity index (χ0n) is 24.0. The van der Waals surface area contributed by atoms with Gasteiger partial charge in [-0.05, 0) is 96.1 Å². The van der Waals surface area contributed by atoms with Gasteiger partial charge in [-0.3, -0.25) is 0 Å². The van der Waals surface area contributed by atoms with Gasteiger partial charge in [0.15, 0.2) is 0 Å². The summed E-state index contributed by atoms with van der Waals surface area (Å²) >= 11 is 0. The predicted octanol–water partition coefficient (Wildman–Crippen LogP) is 10.1. The molecule has 0 aromatic carbocycles. The van der Waals surface area contributed by atoms with Gasteiger partial charge in [0.05, 0.1) is 0 Å². The largest absolute Gasteiger partial charge is 0.416 e. The first-order chi connectivity index (χ1) is 14.8. The summed E-state index contributed by atoms with van der Waals surface area (Å²) in [6.45, 7) is 28.6. The van der Waals surface area contributed by atoms with Crippen LogP contribution in [0.3, 0.4) is 0 Å². The van der Waals surface area contributed by atoms with Gasteiger partial charge in [-0.15, -0.1) is 0 Å². The summed E-state index contributed by atoms with van der Waals surface area (Å²) in [4.78, 5) is 0. The first-order valence-corrected chi connectivity index (χ1v) is 16.5. The molecule has 0 amide bonds. The molecule has 0 radical (unpaired) electrons. The zero-order valence-corrected chi connectivity index (χ0v) is 25.0. The molecule has 32 heavy (non-hydrogen) atoms. The number of hydrogen-bond donors (Lipinski definition) is 0. The van der Waals surface area contributed by atoms with Crippen molar-refractivity contribution in [3.8, 4) is 0 Å². The lowest BCUT2D eigenvalue weighted by Gasteiger charge is -2.60. The smallest absolute Gasteiger partial charge is 0.204 e. The second-order valence-electron chi connectivity index (χ2n) is 14.3. The Hall–Kier alpha value is 0.177. The van der Waals surface area contributed by atoms with Gasteiger partial charge in [0.2, 0.25) is 8.32 Å². The van der Waals surface area contributed by atoms with Crippen molar-refractivity contribution < 1.29 is 4.43 Å². The average Bonchev–Trinajstić information content (AvgIpc) is 2.66. The maximum atomic E-state index is 7.62. The van der Waals surface area contributed by atoms with Crippen LogP contribution < -0.4 is 0 Å². The van der Waals surface area contributed by atoms with Crippen molar-refractivity contribution in [2.24, 2.45) is 41.4 Å². The third kappa shape index (κ3) is 6.44. The molecule has 6 atom stereocenters. The molecule has 0 aromatic heterocycles. The van der Waals surface area contributed by atoms with Crippen molar-refractivity contribution >= 4 is 8.32 Å². The van der Waals surface area contributed by atoms with Crippen LogP contribution in [-0.4, -0.2) is 14.9 Å². The summed E-state index contributed by atoms with van der Waals surface area (Å²) in [5.74, 6) is 5.77. The Bertz CT molecular complexity index is 514. The fourth-order valence-corrected chi connectivity index (χ4v) is 15.9. The quantitative estimate of drug-likeness (QED) is 0.243. The van der Waals surface area contributed by atoms with Crippen molar-refractivity contribution in [3.05, 3.63) is 0 Å². The Balaban J connectivity index is 2.59. The van der Waals surface area contributed by atoms with E-state index in [1.165, 1.54) is 51.4 Å². The van der Waals surface area contributed by atoms with E-state index < -0.39 is 8.32 Å². The molecular formula is C30H60OSi. The number of hydrogen-bond acceptors (Lipinski definition) is 1. The van der Waals surface area contributed by atoms with Crippen molar-refractivity contribution in [1.29, 1.82) is 0 Å². The highest BCUT2D eigenvalue weighted by Crippen LogP contribution is 2.64. The summed E-state index contributed by atoms with van der Waals surface area (Å²) in [6, 6.07) is 0. The van der Waals surface area contributed by atoms with Crippen LogP contribution in [0.25, 0.3) is 0 Å². The fraction of sp³-hybridized carbons (Fsp3) is 1.00. The lowest BCUT2D eigenvalue weighted by atomic mass is 9.76. The Morgan fingerprint density at radius 3 is 1.53 bits per heavy atom. The van der Waals surface area contributed by atoms with Gasteiger partial charge >= 0.3 is 0 Å². The molecule has 190 valence electrons. The van der Waals surface area contributed by atoms with Gasteiger partial charge in [0.25, 0.3) is 0 Å². The van der Waals surface area contributed by atoms with Crippen LogP contribution >= 0.6 is 0 Å². The van der Waals surface area contributed by atoms with Crippen LogP contribution in [0, 0.1) is 41.4 Å². The highest BCUT2D eigenvalue weighted by Gasteiger charge is 2.62. The molecule has 6 unspecified atom stereocenters. The normalized spacial score (nSPS) is 34.3. The second kappa shape index (κ2) is 11.7. The lowest BCUT2D eigenvalue weighted by molar-refractivity contribution is 0.143. The van der Waals surface area contributed by atoms with E-state index in [0.717, 1.165) is 59.1 Å². The van der Waals surface area contributed by atoms with Crippen LogP contribution in [0.1, 0.15) is 128 Å². The van der Waals surface area contributed by atoms with Gasteiger partial charge in [0.1, 0.15) is 0 Å². The summed E-state index contributed by atoms with van der Waals surface area (Å²) in [7, 11) is -2.10. The predicted molar refractivity (Wildman–Crippen MR) is 146 cm³/mol. The van der Waals surface area contributed by atoms with Crippen LogP contribution in [0.2, 0.25) is 16.1 Å². The third-order valence-corrected chi connectivity index (χ3v) is 16.1. The lowest BCUT2D eigenvalue weighted by Crippen LogP contribution is -2.61. The molecule has 2 rings (SSSR count). The molecule has 0 aromatic rings. The highest BCUT2D eigenvalue weighted by molar-refractivity contribution is 6.79. The van der Waals surface area contributed by atoms with Crippen LogP contribution in [0.15, 0.2) is 0 Å². The van der Waals surface area contributed by atoms with Gasteiger partial charge in [0, 0.05) is 6.61 Å². The number of rotatable bonds is 9. The molecule has 0 heterocycles. The van der Waals surface area contributed by atoms with Crippen molar-refractivity contribution in [2.45, 2.75) is 144 Å². The zero-order chi connectivity index (χ0) is 24.3. The first-order valence-electron chi connectivity index (χ1n) is 14.4. The van der Waals surface area contributed by atoms with Crippen molar-refractivity contribution in [1.82, 2.24) is 0 Å². The molecule has 0 aliphatic heterocycles. The SMILES string of the molecule is CC(C)CCCO[Si](C1CC(C)CCC1C(C)C)(C1CC(C)CCC1C(C)C)C(C)(C)C. The fourth-order valence-electron chi connectivity index (χ4n) is 7.94. The van der Waals surface area contributed by atoms with Gasteiger partial charge < -0.3 is 4.43 Å². The van der Waals surface area contributed by atoms with Gasteiger partial charge in [-0.25, -0.2) is 0 Å². The molecule has 1 nitrogen and oxygen atoms in total. The maximum Gasteiger partial charge on any atom is 0.204 e. The van der Waals surface area contributed by atoms with Gasteiger partial charge in [-0.1, -0.05) is 89.0 Å². The summed E-state index contributed by atoms with van der Waals surface area (Å²) < 4.78 is 7.62. The maximum absolute atomic E-state index is 7.62. The van der Waals surface area contributed by atoms with Crippen LogP contribution in [0.5, 0.6) is 0 Å². The summed E-state index contributed by atoms with van der Waals surface area (Å²) in [5, 5.41) is 0.286. The molecule has 2 fully saturated rings. The molecule has 0 saturated heterocycles. The van der Waals surface area contributed by atoms with E-state index >= 15 is 0 Å². The van der Waals surface area contributed by atoms with E-state index in [-0.39, 0.29) is 5.04 Å². The highest BCUT2D eigenvalue weighted by atomic mass is 28.4. The monoisotopic (exact) mass is 464 g/mol. The minimum atomic E-state index is -2.10. The van der Waals surface area contributed by atoms with Crippen molar-refractivity contribution in [2.75, 3.05) is 6.61 Å². The molecule has 2 aliphatic carbocycles. The van der Waals surface area contributed by atoms with Crippen molar-refractivity contribution in [3.63, 3.8) is 0 Å². The molecule has 2 aliphatic rings. The molecule has 0 spiro atoms.